The number of carboxylic acid groups (broad SMARTS) is 1. The molecule has 2 aliphatic rings. The summed E-state index contributed by atoms with van der Waals surface area (Å²) < 4.78 is 0.0476. The maximum Gasteiger partial charge on any atom is 0.353 e. The van der Waals surface area contributed by atoms with E-state index >= 15 is 0 Å². The van der Waals surface area contributed by atoms with Gasteiger partial charge in [-0.3, -0.25) is 14.5 Å². The highest BCUT2D eigenvalue weighted by atomic mass is 35.5. The second-order valence-electron chi connectivity index (χ2n) is 6.63. The zero-order valence-electron chi connectivity index (χ0n) is 15.9. The molecule has 0 spiro atoms. The number of oxime groups is 1. The number of hydrogen-bond acceptors (Lipinski definition) is 11. The molecule has 2 aromatic heterocycles. The number of nitrogens with two attached hydrogens (primary N) is 1. The summed E-state index contributed by atoms with van der Waals surface area (Å²) in [5.41, 5.74) is 4.78. The lowest BCUT2D eigenvalue weighted by Crippen LogP contribution is -2.72. The lowest BCUT2D eigenvalue weighted by atomic mass is 9.86. The molecule has 4 heterocycles. The number of anilines is 1. The summed E-state index contributed by atoms with van der Waals surface area (Å²) in [7, 11) is 0. The van der Waals surface area contributed by atoms with Crippen molar-refractivity contribution >= 4 is 63.3 Å². The van der Waals surface area contributed by atoms with Gasteiger partial charge in [-0.1, -0.05) is 39.9 Å². The summed E-state index contributed by atoms with van der Waals surface area (Å²) >= 11 is 7.99. The highest BCUT2D eigenvalue weighted by Gasteiger charge is 2.54. The molecule has 0 aliphatic carbocycles. The number of nitrogens with one attached hydrogen (secondary N) is 1. The van der Waals surface area contributed by atoms with Crippen LogP contribution in [-0.4, -0.2) is 66.0 Å². The molecule has 15 heteroatoms. The highest BCUT2D eigenvalue weighted by Crippen LogP contribution is 2.42. The molecule has 0 aromatic carbocycles. The van der Waals surface area contributed by atoms with Crippen molar-refractivity contribution in [2.45, 2.75) is 30.0 Å². The Morgan fingerprint density at radius 2 is 2.22 bits per heavy atom. The lowest BCUT2D eigenvalue weighted by molar-refractivity contribution is -0.155. The van der Waals surface area contributed by atoms with Crippen LogP contribution in [0.2, 0.25) is 4.34 Å². The van der Waals surface area contributed by atoms with Crippen LogP contribution in [0.4, 0.5) is 5.13 Å². The first-order valence-corrected chi connectivity index (χ1v) is 11.0. The molecule has 2 amide bonds. The fourth-order valence-corrected chi connectivity index (χ4v) is 5.39. The molecule has 2 aromatic rings. The van der Waals surface area contributed by atoms with Gasteiger partial charge in [0.05, 0.1) is 6.04 Å². The molecule has 1 saturated heterocycles. The van der Waals surface area contributed by atoms with Gasteiger partial charge in [0.2, 0.25) is 0 Å². The standard InChI is InChI=1S/C17H14ClN7O5S2/c18-13-10(22-17(19)32-13)11(24-30)14(26)21-9-6-3-4-7(31-8-2-1-5-20-23-8)12(16(28)29)25(6)15(9)27/h1-2,5-6,9,30H,3-4H2,(H2,19,22)(H,21,26)(H,28,29)/b24-11-. The Balaban J connectivity index is 1.53. The predicted octanol–water partition coefficient (Wildman–Crippen LogP) is 0.925. The number of carboxylic acids is 1. The molecule has 32 heavy (non-hydrogen) atoms. The molecule has 12 nitrogen and oxygen atoms in total. The van der Waals surface area contributed by atoms with Gasteiger partial charge in [-0.2, -0.15) is 5.10 Å². The van der Waals surface area contributed by atoms with Crippen LogP contribution >= 0.6 is 34.7 Å². The molecule has 0 saturated carbocycles. The fraction of sp³-hybridized carbons (Fsp3) is 0.235. The van der Waals surface area contributed by atoms with Crippen molar-refractivity contribution in [1.82, 2.24) is 25.4 Å². The maximum atomic E-state index is 12.8. The number of fused-ring (bicyclic) bond motifs is 1. The van der Waals surface area contributed by atoms with Crippen LogP contribution < -0.4 is 11.1 Å². The number of hydrogen-bond donors (Lipinski definition) is 4. The second-order valence-corrected chi connectivity index (χ2v) is 9.38. The number of aliphatic carboxylic acids is 1. The van der Waals surface area contributed by atoms with E-state index in [4.69, 9.17) is 17.3 Å². The number of rotatable bonds is 6. The van der Waals surface area contributed by atoms with E-state index in [9.17, 15) is 24.7 Å². The minimum Gasteiger partial charge on any atom is -0.477 e. The Labute approximate surface area is 193 Å². The normalized spacial score (nSPS) is 20.6. The van der Waals surface area contributed by atoms with Gasteiger partial charge in [0, 0.05) is 11.1 Å². The summed E-state index contributed by atoms with van der Waals surface area (Å²) in [6.45, 7) is 0. The number of aromatic nitrogens is 3. The average Bonchev–Trinajstić information content (AvgIpc) is 3.10. The molecule has 166 valence electrons. The summed E-state index contributed by atoms with van der Waals surface area (Å²) in [6.07, 6.45) is 2.27. The van der Waals surface area contributed by atoms with Crippen LogP contribution in [0, 0.1) is 0 Å². The summed E-state index contributed by atoms with van der Waals surface area (Å²) in [5.74, 6) is -2.75. The Morgan fingerprint density at radius 1 is 1.44 bits per heavy atom. The van der Waals surface area contributed by atoms with Gasteiger partial charge >= 0.3 is 5.97 Å². The first-order valence-electron chi connectivity index (χ1n) is 9.02. The van der Waals surface area contributed by atoms with Crippen LogP contribution in [0.3, 0.4) is 0 Å². The minimum absolute atomic E-state index is 0.0476. The Kier molecular flexibility index (Phi) is 5.99. The molecule has 0 bridgehead atoms. The van der Waals surface area contributed by atoms with E-state index in [0.717, 1.165) is 28.0 Å². The zero-order valence-corrected chi connectivity index (χ0v) is 18.3. The third-order valence-electron chi connectivity index (χ3n) is 4.80. The van der Waals surface area contributed by atoms with Gasteiger partial charge < -0.3 is 21.4 Å². The zero-order chi connectivity index (χ0) is 23.0. The van der Waals surface area contributed by atoms with Crippen LogP contribution in [0.25, 0.3) is 0 Å². The van der Waals surface area contributed by atoms with E-state index in [-0.39, 0.29) is 20.9 Å². The average molecular weight is 496 g/mol. The first kappa shape index (κ1) is 22.0. The van der Waals surface area contributed by atoms with Gasteiger partial charge in [-0.25, -0.2) is 9.78 Å². The van der Waals surface area contributed by atoms with Crippen LogP contribution in [0.5, 0.6) is 0 Å². The van der Waals surface area contributed by atoms with Crippen molar-refractivity contribution in [3.05, 3.63) is 39.0 Å². The van der Waals surface area contributed by atoms with Gasteiger partial charge in [0.1, 0.15) is 26.8 Å². The number of carbonyl (C=O) groups is 3. The number of halogens is 1. The summed E-state index contributed by atoms with van der Waals surface area (Å²) in [6, 6.07) is 1.79. The lowest BCUT2D eigenvalue weighted by Gasteiger charge is -2.50. The number of β-lactam (4-membered cyclic amide) rings is 1. The molecular weight excluding hydrogens is 482 g/mol. The Hall–Kier alpha value is -3.23. The van der Waals surface area contributed by atoms with Crippen LogP contribution in [-0.2, 0) is 14.4 Å². The van der Waals surface area contributed by atoms with Crippen molar-refractivity contribution in [2.75, 3.05) is 5.73 Å². The molecule has 4 rings (SSSR count). The quantitative estimate of drug-likeness (QED) is 0.194. The molecule has 1 fully saturated rings. The molecule has 5 N–H and O–H groups in total. The number of carbonyl (C=O) groups excluding carboxylic acids is 2. The number of nitrogen functional groups attached to an aromatic ring is 1. The van der Waals surface area contributed by atoms with Crippen molar-refractivity contribution in [3.8, 4) is 0 Å². The SMILES string of the molecule is Nc1nc(/C(=N/O)C(=O)NC2C(=O)N3C(C(=O)O)=C(Sc4cccnn4)CCC23)c(Cl)s1. The Morgan fingerprint density at radius 3 is 2.81 bits per heavy atom. The van der Waals surface area contributed by atoms with E-state index in [0.29, 0.717) is 22.8 Å². The van der Waals surface area contributed by atoms with E-state index in [1.54, 1.807) is 12.1 Å². The minimum atomic E-state index is -1.26. The Bertz CT molecular complexity index is 1170. The topological polar surface area (TPSA) is 184 Å². The third kappa shape index (κ3) is 3.87. The van der Waals surface area contributed by atoms with E-state index < -0.39 is 35.6 Å². The first-order chi connectivity index (χ1) is 15.3. The van der Waals surface area contributed by atoms with Crippen molar-refractivity contribution in [3.63, 3.8) is 0 Å². The van der Waals surface area contributed by atoms with Crippen molar-refractivity contribution < 1.29 is 24.7 Å². The number of nitrogens with zero attached hydrogens (tertiary/aromatic N) is 5. The fourth-order valence-electron chi connectivity index (χ4n) is 3.47. The monoisotopic (exact) mass is 495 g/mol. The van der Waals surface area contributed by atoms with E-state index in [1.165, 1.54) is 6.20 Å². The largest absolute Gasteiger partial charge is 0.477 e. The maximum absolute atomic E-state index is 12.8. The summed E-state index contributed by atoms with van der Waals surface area (Å²) in [4.78, 5) is 42.8. The number of thioether (sulfide) groups is 1. The number of allylic oxidation sites excluding steroid dienone is 1. The highest BCUT2D eigenvalue weighted by molar-refractivity contribution is 8.03. The number of amides is 2. The van der Waals surface area contributed by atoms with Crippen molar-refractivity contribution in [2.24, 2.45) is 5.16 Å². The van der Waals surface area contributed by atoms with E-state index in [1.807, 2.05) is 0 Å². The third-order valence-corrected chi connectivity index (χ3v) is 6.95. The van der Waals surface area contributed by atoms with Crippen LogP contribution in [0.15, 0.2) is 39.1 Å². The van der Waals surface area contributed by atoms with Gasteiger partial charge in [0.25, 0.3) is 11.8 Å². The molecular formula is C17H14ClN7O5S2. The van der Waals surface area contributed by atoms with Gasteiger partial charge in [0.15, 0.2) is 10.8 Å². The second kappa shape index (κ2) is 8.72. The smallest absolute Gasteiger partial charge is 0.353 e. The van der Waals surface area contributed by atoms with Gasteiger partial charge in [-0.15, -0.1) is 5.10 Å². The predicted molar refractivity (Wildman–Crippen MR) is 114 cm³/mol. The molecule has 0 radical (unpaired) electrons. The molecule has 2 unspecified atom stereocenters. The number of thiazole rings is 1. The van der Waals surface area contributed by atoms with E-state index in [2.05, 4.69) is 25.7 Å². The summed E-state index contributed by atoms with van der Waals surface area (Å²) in [5, 5.41) is 32.7. The van der Waals surface area contributed by atoms with Crippen LogP contribution in [0.1, 0.15) is 18.5 Å². The molecule has 2 aliphatic heterocycles. The van der Waals surface area contributed by atoms with Gasteiger partial charge in [-0.05, 0) is 25.0 Å². The van der Waals surface area contributed by atoms with Crippen molar-refractivity contribution in [1.29, 1.82) is 0 Å². The molecule has 2 atom stereocenters.